The monoisotopic (exact) mass is 324 g/mol. The number of fused-ring (bicyclic) bond motifs is 1. The van der Waals surface area contributed by atoms with Crippen molar-refractivity contribution < 1.29 is 0 Å². The van der Waals surface area contributed by atoms with Crippen molar-refractivity contribution in [1.82, 2.24) is 9.97 Å². The Morgan fingerprint density at radius 2 is 1.92 bits per heavy atom. The summed E-state index contributed by atoms with van der Waals surface area (Å²) in [6.45, 7) is 13.5. The van der Waals surface area contributed by atoms with Crippen LogP contribution in [0.5, 0.6) is 0 Å². The van der Waals surface area contributed by atoms with Crippen LogP contribution in [-0.4, -0.2) is 9.97 Å². The first-order chi connectivity index (χ1) is 11.3. The first-order valence-electron chi connectivity index (χ1n) is 9.20. The predicted octanol–water partition coefficient (Wildman–Crippen LogP) is 6.36. The van der Waals surface area contributed by atoms with E-state index in [-0.39, 0.29) is 5.41 Å². The lowest BCUT2D eigenvalue weighted by Crippen LogP contribution is -2.23. The Labute approximate surface area is 147 Å². The number of nitrogens with zero attached hydrogens (tertiary/aromatic N) is 2. The molecule has 0 bridgehead atoms. The van der Waals surface area contributed by atoms with Gasteiger partial charge in [-0.15, -0.1) is 0 Å². The van der Waals surface area contributed by atoms with Crippen molar-refractivity contribution >= 4 is 6.08 Å². The van der Waals surface area contributed by atoms with Gasteiger partial charge < -0.3 is 0 Å². The second kappa shape index (κ2) is 7.92. The molecule has 0 radical (unpaired) electrons. The van der Waals surface area contributed by atoms with Gasteiger partial charge in [0.25, 0.3) is 0 Å². The van der Waals surface area contributed by atoms with E-state index < -0.39 is 0 Å². The average Bonchev–Trinajstić information content (AvgIpc) is 2.73. The van der Waals surface area contributed by atoms with Crippen LogP contribution in [0.25, 0.3) is 6.08 Å². The van der Waals surface area contributed by atoms with Crippen LogP contribution in [0.4, 0.5) is 0 Å². The minimum atomic E-state index is 0.00794. The zero-order chi connectivity index (χ0) is 17.7. The van der Waals surface area contributed by atoms with Crippen LogP contribution in [0.2, 0.25) is 0 Å². The highest BCUT2D eigenvalue weighted by atomic mass is 14.9. The molecular formula is C22H32N2. The molecule has 0 saturated carbocycles. The highest BCUT2D eigenvalue weighted by molar-refractivity contribution is 5.54. The summed E-state index contributed by atoms with van der Waals surface area (Å²) < 4.78 is 0. The van der Waals surface area contributed by atoms with Gasteiger partial charge in [0, 0.05) is 11.0 Å². The van der Waals surface area contributed by atoms with Crippen LogP contribution in [-0.2, 0) is 5.41 Å². The van der Waals surface area contributed by atoms with Gasteiger partial charge in [-0.2, -0.15) is 0 Å². The van der Waals surface area contributed by atoms with Gasteiger partial charge in [0.05, 0.1) is 11.4 Å². The van der Waals surface area contributed by atoms with Crippen molar-refractivity contribution in [2.75, 3.05) is 0 Å². The number of hydrogen-bond acceptors (Lipinski definition) is 2. The molecule has 24 heavy (non-hydrogen) atoms. The number of aromatic nitrogens is 2. The van der Waals surface area contributed by atoms with Crippen LogP contribution < -0.4 is 0 Å². The third-order valence-electron chi connectivity index (χ3n) is 5.02. The zero-order valence-electron chi connectivity index (χ0n) is 16.2. The molecule has 0 fully saturated rings. The van der Waals surface area contributed by atoms with E-state index in [9.17, 15) is 0 Å². The molecule has 0 N–H and O–H groups in total. The van der Waals surface area contributed by atoms with Crippen molar-refractivity contribution in [3.05, 3.63) is 52.7 Å². The maximum absolute atomic E-state index is 4.73. The molecule has 1 aliphatic rings. The van der Waals surface area contributed by atoms with Gasteiger partial charge in [-0.05, 0) is 51.5 Å². The summed E-state index contributed by atoms with van der Waals surface area (Å²) in [5.74, 6) is 0.511. The Kier molecular flexibility index (Phi) is 6.15. The molecular weight excluding hydrogens is 292 g/mol. The molecule has 1 aromatic heterocycles. The molecule has 0 aliphatic heterocycles. The van der Waals surface area contributed by atoms with E-state index in [2.05, 4.69) is 70.8 Å². The van der Waals surface area contributed by atoms with E-state index in [0.717, 1.165) is 25.0 Å². The van der Waals surface area contributed by atoms with E-state index in [4.69, 9.17) is 4.98 Å². The molecule has 1 aromatic rings. The van der Waals surface area contributed by atoms with E-state index in [1.54, 1.807) is 6.33 Å². The summed E-state index contributed by atoms with van der Waals surface area (Å²) in [4.78, 5) is 9.26. The van der Waals surface area contributed by atoms with Crippen LogP contribution >= 0.6 is 0 Å². The van der Waals surface area contributed by atoms with Gasteiger partial charge in [-0.25, -0.2) is 9.97 Å². The molecule has 1 aliphatic carbocycles. The summed E-state index contributed by atoms with van der Waals surface area (Å²) in [6.07, 6.45) is 15.1. The van der Waals surface area contributed by atoms with Crippen LogP contribution in [0.3, 0.4) is 0 Å². The minimum Gasteiger partial charge on any atom is -0.240 e. The highest BCUT2D eigenvalue weighted by Crippen LogP contribution is 2.38. The number of allylic oxidation sites excluding steroid dienone is 5. The van der Waals surface area contributed by atoms with Crippen LogP contribution in [0, 0.1) is 0 Å². The van der Waals surface area contributed by atoms with E-state index in [0.29, 0.717) is 5.92 Å². The lowest BCUT2D eigenvalue weighted by atomic mass is 9.77. The fourth-order valence-electron chi connectivity index (χ4n) is 3.49. The summed E-state index contributed by atoms with van der Waals surface area (Å²) >= 11 is 0. The van der Waals surface area contributed by atoms with Crippen LogP contribution in [0.1, 0.15) is 90.1 Å². The normalized spacial score (nSPS) is 19.2. The summed E-state index contributed by atoms with van der Waals surface area (Å²) in [5.41, 5.74) is 6.51. The fraction of sp³-hybridized carbons (Fsp3) is 0.545. The Morgan fingerprint density at radius 3 is 2.62 bits per heavy atom. The molecule has 0 saturated heterocycles. The Balaban J connectivity index is 2.35. The maximum Gasteiger partial charge on any atom is 0.116 e. The average molecular weight is 325 g/mol. The van der Waals surface area contributed by atoms with Gasteiger partial charge >= 0.3 is 0 Å². The van der Waals surface area contributed by atoms with E-state index >= 15 is 0 Å². The van der Waals surface area contributed by atoms with E-state index in [1.807, 2.05) is 0 Å². The highest BCUT2D eigenvalue weighted by Gasteiger charge is 2.29. The predicted molar refractivity (Wildman–Crippen MR) is 104 cm³/mol. The third-order valence-corrected chi connectivity index (χ3v) is 5.02. The largest absolute Gasteiger partial charge is 0.240 e. The summed E-state index contributed by atoms with van der Waals surface area (Å²) in [6, 6.07) is 0. The summed E-state index contributed by atoms with van der Waals surface area (Å²) in [7, 11) is 0. The van der Waals surface area contributed by atoms with Crippen molar-refractivity contribution in [2.45, 2.75) is 78.6 Å². The van der Waals surface area contributed by atoms with E-state index in [1.165, 1.54) is 28.8 Å². The lowest BCUT2D eigenvalue weighted by molar-refractivity contribution is 0.487. The molecule has 2 heteroatoms. The van der Waals surface area contributed by atoms with Gasteiger partial charge in [0.2, 0.25) is 0 Å². The van der Waals surface area contributed by atoms with Gasteiger partial charge in [0.1, 0.15) is 6.33 Å². The molecule has 130 valence electrons. The maximum atomic E-state index is 4.73. The fourth-order valence-corrected chi connectivity index (χ4v) is 3.49. The summed E-state index contributed by atoms with van der Waals surface area (Å²) in [5, 5.41) is 0. The molecule has 0 aromatic carbocycles. The Morgan fingerprint density at radius 1 is 1.21 bits per heavy atom. The topological polar surface area (TPSA) is 25.8 Å². The zero-order valence-corrected chi connectivity index (χ0v) is 16.2. The molecule has 0 spiro atoms. The quantitative estimate of drug-likeness (QED) is 0.589. The first-order valence-corrected chi connectivity index (χ1v) is 9.20. The lowest BCUT2D eigenvalue weighted by Gasteiger charge is -2.29. The second-order valence-corrected chi connectivity index (χ2v) is 7.84. The number of rotatable bonds is 5. The molecule has 1 unspecified atom stereocenters. The van der Waals surface area contributed by atoms with Crippen molar-refractivity contribution in [1.29, 1.82) is 0 Å². The van der Waals surface area contributed by atoms with Crippen molar-refractivity contribution in [3.63, 3.8) is 0 Å². The van der Waals surface area contributed by atoms with Gasteiger partial charge in [-0.3, -0.25) is 0 Å². The molecule has 2 nitrogen and oxygen atoms in total. The smallest absolute Gasteiger partial charge is 0.116 e. The van der Waals surface area contributed by atoms with Crippen molar-refractivity contribution in [2.24, 2.45) is 0 Å². The molecule has 1 atom stereocenters. The Hall–Kier alpha value is -1.70. The van der Waals surface area contributed by atoms with Crippen LogP contribution in [0.15, 0.2) is 35.7 Å². The molecule has 0 amide bonds. The van der Waals surface area contributed by atoms with Gasteiger partial charge in [0.15, 0.2) is 0 Å². The number of hydrogen-bond donors (Lipinski definition) is 0. The first kappa shape index (κ1) is 18.6. The molecule has 1 heterocycles. The SMILES string of the molecule is CCC(C)=CC=C(C)CC(C)(C)c1ncnc2c1C(C)CCC=C2. The third kappa shape index (κ3) is 4.43. The van der Waals surface area contributed by atoms with Gasteiger partial charge in [-0.1, -0.05) is 57.1 Å². The van der Waals surface area contributed by atoms with Crippen molar-refractivity contribution in [3.8, 4) is 0 Å². The standard InChI is InChI=1S/C22H32N2/c1-7-16(2)12-13-17(3)14-22(5,6)21-20-18(4)10-8-9-11-19(20)23-15-24-21/h9,11-13,15,18H,7-8,10,14H2,1-6H3. The Bertz CT molecular complexity index is 663. The second-order valence-electron chi connectivity index (χ2n) is 7.84. The molecule has 2 rings (SSSR count). The minimum absolute atomic E-state index is 0.00794.